The van der Waals surface area contributed by atoms with Crippen LogP contribution in [0.1, 0.15) is 38.4 Å². The Morgan fingerprint density at radius 3 is 2.68 bits per heavy atom. The molecule has 0 fully saturated rings. The second-order valence-corrected chi connectivity index (χ2v) is 4.77. The molecule has 0 aliphatic heterocycles. The summed E-state index contributed by atoms with van der Waals surface area (Å²) in [6, 6.07) is 3.62. The summed E-state index contributed by atoms with van der Waals surface area (Å²) in [4.78, 5) is 15.8. The maximum Gasteiger partial charge on any atom is 0.239 e. The average molecular weight is 422 g/mol. The van der Waals surface area contributed by atoms with E-state index in [1.807, 2.05) is 6.07 Å². The second kappa shape index (κ2) is 13.4. The summed E-state index contributed by atoms with van der Waals surface area (Å²) in [5.41, 5.74) is 0. The first-order valence-corrected chi connectivity index (χ1v) is 7.49. The third-order valence-corrected chi connectivity index (χ3v) is 3.00. The van der Waals surface area contributed by atoms with Gasteiger partial charge in [-0.3, -0.25) is 9.79 Å². The van der Waals surface area contributed by atoms with E-state index in [4.69, 9.17) is 4.42 Å². The van der Waals surface area contributed by atoms with Crippen LogP contribution in [-0.2, 0) is 11.3 Å². The normalized spacial score (nSPS) is 10.7. The summed E-state index contributed by atoms with van der Waals surface area (Å²) in [6.07, 6.45) is 6.39. The number of nitrogens with zero attached hydrogens (tertiary/aromatic N) is 1. The minimum absolute atomic E-state index is 0. The topological polar surface area (TPSA) is 78.7 Å². The van der Waals surface area contributed by atoms with Gasteiger partial charge in [0.25, 0.3) is 0 Å². The van der Waals surface area contributed by atoms with Crippen molar-refractivity contribution < 1.29 is 9.21 Å². The lowest BCUT2D eigenvalue weighted by Gasteiger charge is -2.11. The number of unbranched alkanes of at least 4 members (excludes halogenated alkanes) is 3. The van der Waals surface area contributed by atoms with Crippen molar-refractivity contribution in [3.8, 4) is 0 Å². The van der Waals surface area contributed by atoms with Crippen LogP contribution in [-0.4, -0.2) is 32.0 Å². The van der Waals surface area contributed by atoms with Crippen molar-refractivity contribution in [2.24, 2.45) is 4.99 Å². The molecular weight excluding hydrogens is 395 g/mol. The van der Waals surface area contributed by atoms with Crippen LogP contribution < -0.4 is 16.0 Å². The highest BCUT2D eigenvalue weighted by atomic mass is 127. The number of hydrogen-bond donors (Lipinski definition) is 3. The monoisotopic (exact) mass is 422 g/mol. The Morgan fingerprint density at radius 2 is 2.05 bits per heavy atom. The van der Waals surface area contributed by atoms with Crippen molar-refractivity contribution in [1.29, 1.82) is 0 Å². The number of amides is 1. The number of carbonyl (C=O) groups is 1. The first kappa shape index (κ1) is 20.8. The number of halogens is 1. The van der Waals surface area contributed by atoms with Gasteiger partial charge in [-0.25, -0.2) is 0 Å². The summed E-state index contributed by atoms with van der Waals surface area (Å²) in [5, 5.41) is 8.95. The van der Waals surface area contributed by atoms with Gasteiger partial charge >= 0.3 is 0 Å². The van der Waals surface area contributed by atoms with E-state index in [0.717, 1.165) is 18.7 Å². The highest BCUT2D eigenvalue weighted by molar-refractivity contribution is 14.0. The lowest BCUT2D eigenvalue weighted by Crippen LogP contribution is -2.43. The van der Waals surface area contributed by atoms with Crippen molar-refractivity contribution >= 4 is 35.8 Å². The van der Waals surface area contributed by atoms with Crippen LogP contribution in [0.15, 0.2) is 27.8 Å². The minimum Gasteiger partial charge on any atom is -0.467 e. The van der Waals surface area contributed by atoms with Gasteiger partial charge in [-0.1, -0.05) is 26.2 Å². The molecule has 0 spiro atoms. The largest absolute Gasteiger partial charge is 0.467 e. The molecule has 0 aliphatic rings. The van der Waals surface area contributed by atoms with Crippen LogP contribution in [0.4, 0.5) is 0 Å². The van der Waals surface area contributed by atoms with E-state index in [1.165, 1.54) is 19.3 Å². The number of aliphatic imine (C=N–C) groups is 1. The molecule has 0 unspecified atom stereocenters. The summed E-state index contributed by atoms with van der Waals surface area (Å²) in [7, 11) is 1.70. The molecule has 0 aromatic carbocycles. The molecule has 0 aliphatic carbocycles. The minimum atomic E-state index is -0.0969. The van der Waals surface area contributed by atoms with Crippen LogP contribution in [0.2, 0.25) is 0 Å². The van der Waals surface area contributed by atoms with Gasteiger partial charge in [0.1, 0.15) is 5.76 Å². The van der Waals surface area contributed by atoms with E-state index in [2.05, 4.69) is 27.9 Å². The van der Waals surface area contributed by atoms with Gasteiger partial charge in [0.15, 0.2) is 5.96 Å². The lowest BCUT2D eigenvalue weighted by atomic mass is 10.2. The number of furan rings is 1. The summed E-state index contributed by atoms with van der Waals surface area (Å²) in [5.74, 6) is 1.29. The number of carbonyl (C=O) groups excluding carboxylic acids is 1. The fourth-order valence-electron chi connectivity index (χ4n) is 1.80. The molecule has 1 amide bonds. The van der Waals surface area contributed by atoms with Gasteiger partial charge in [-0.15, -0.1) is 24.0 Å². The van der Waals surface area contributed by atoms with Crippen molar-refractivity contribution in [3.05, 3.63) is 24.2 Å². The van der Waals surface area contributed by atoms with Crippen LogP contribution in [0.5, 0.6) is 0 Å². The van der Waals surface area contributed by atoms with Crippen LogP contribution in [0, 0.1) is 0 Å². The third-order valence-electron chi connectivity index (χ3n) is 3.00. The van der Waals surface area contributed by atoms with E-state index in [1.54, 1.807) is 19.4 Å². The molecule has 7 heteroatoms. The Labute approximate surface area is 149 Å². The molecule has 0 bridgehead atoms. The predicted molar refractivity (Wildman–Crippen MR) is 99.5 cm³/mol. The molecule has 6 nitrogen and oxygen atoms in total. The molecule has 1 aromatic rings. The highest BCUT2D eigenvalue weighted by Gasteiger charge is 2.04. The van der Waals surface area contributed by atoms with Gasteiger partial charge in [0.2, 0.25) is 5.91 Å². The number of rotatable bonds is 9. The standard InChI is InChI=1S/C15H26N4O2.HI/c1-3-4-5-6-9-17-15(16-2)19-12-14(20)18-11-13-8-7-10-21-13;/h7-8,10H,3-6,9,11-12H2,1-2H3,(H,18,20)(H2,16,17,19);1H. The van der Waals surface area contributed by atoms with E-state index in [-0.39, 0.29) is 36.4 Å². The van der Waals surface area contributed by atoms with Gasteiger partial charge in [-0.2, -0.15) is 0 Å². The molecule has 0 saturated carbocycles. The molecule has 0 saturated heterocycles. The zero-order chi connectivity index (χ0) is 15.3. The Morgan fingerprint density at radius 1 is 1.23 bits per heavy atom. The highest BCUT2D eigenvalue weighted by Crippen LogP contribution is 1.98. The van der Waals surface area contributed by atoms with E-state index >= 15 is 0 Å². The van der Waals surface area contributed by atoms with Crippen LogP contribution >= 0.6 is 24.0 Å². The predicted octanol–water partition coefficient (Wildman–Crippen LogP) is 2.26. The quantitative estimate of drug-likeness (QED) is 0.247. The van der Waals surface area contributed by atoms with Gasteiger partial charge in [0.05, 0.1) is 19.4 Å². The van der Waals surface area contributed by atoms with Crippen molar-refractivity contribution in [2.45, 2.75) is 39.2 Å². The first-order chi connectivity index (χ1) is 10.3. The van der Waals surface area contributed by atoms with Gasteiger partial charge < -0.3 is 20.4 Å². The average Bonchev–Trinajstić information content (AvgIpc) is 3.01. The Bertz CT molecular complexity index is 421. The van der Waals surface area contributed by atoms with Crippen molar-refractivity contribution in [2.75, 3.05) is 20.1 Å². The van der Waals surface area contributed by atoms with Crippen molar-refractivity contribution in [3.63, 3.8) is 0 Å². The fourth-order valence-corrected chi connectivity index (χ4v) is 1.80. The number of nitrogens with one attached hydrogen (secondary N) is 3. The second-order valence-electron chi connectivity index (χ2n) is 4.77. The number of guanidine groups is 1. The lowest BCUT2D eigenvalue weighted by molar-refractivity contribution is -0.120. The third kappa shape index (κ3) is 9.64. The summed E-state index contributed by atoms with van der Waals surface area (Å²) in [6.45, 7) is 3.65. The van der Waals surface area contributed by atoms with Gasteiger partial charge in [-0.05, 0) is 18.6 Å². The number of hydrogen-bond acceptors (Lipinski definition) is 3. The smallest absolute Gasteiger partial charge is 0.239 e. The maximum atomic E-state index is 11.7. The molecule has 0 radical (unpaired) electrons. The van der Waals surface area contributed by atoms with Gasteiger partial charge in [0, 0.05) is 13.6 Å². The Kier molecular flexibility index (Phi) is 12.7. The zero-order valence-electron chi connectivity index (χ0n) is 13.4. The first-order valence-electron chi connectivity index (χ1n) is 7.49. The molecule has 1 heterocycles. The fraction of sp³-hybridized carbons (Fsp3) is 0.600. The van der Waals surface area contributed by atoms with E-state index in [0.29, 0.717) is 12.5 Å². The zero-order valence-corrected chi connectivity index (χ0v) is 15.7. The Balaban J connectivity index is 0.00000441. The summed E-state index contributed by atoms with van der Waals surface area (Å²) >= 11 is 0. The maximum absolute atomic E-state index is 11.7. The molecular formula is C15H27IN4O2. The molecule has 0 atom stereocenters. The summed E-state index contributed by atoms with van der Waals surface area (Å²) < 4.78 is 5.14. The van der Waals surface area contributed by atoms with E-state index in [9.17, 15) is 4.79 Å². The molecule has 1 aromatic heterocycles. The van der Waals surface area contributed by atoms with Crippen LogP contribution in [0.25, 0.3) is 0 Å². The van der Waals surface area contributed by atoms with Crippen LogP contribution in [0.3, 0.4) is 0 Å². The van der Waals surface area contributed by atoms with Crippen molar-refractivity contribution in [1.82, 2.24) is 16.0 Å². The molecule has 126 valence electrons. The Hall–Kier alpha value is -1.25. The van der Waals surface area contributed by atoms with E-state index < -0.39 is 0 Å². The molecule has 1 rings (SSSR count). The molecule has 3 N–H and O–H groups in total. The molecule has 22 heavy (non-hydrogen) atoms. The SMILES string of the molecule is CCCCCCNC(=NC)NCC(=O)NCc1ccco1.I.